The summed E-state index contributed by atoms with van der Waals surface area (Å²) in [5, 5.41) is 0.763. The third kappa shape index (κ3) is 1.50. The van der Waals surface area contributed by atoms with Crippen molar-refractivity contribution in [2.45, 2.75) is 31.7 Å². The van der Waals surface area contributed by atoms with Gasteiger partial charge in [-0.1, -0.05) is 18.0 Å². The second kappa shape index (κ2) is 3.84. The van der Waals surface area contributed by atoms with Gasteiger partial charge in [0.15, 0.2) is 4.77 Å². The summed E-state index contributed by atoms with van der Waals surface area (Å²) in [6, 6.07) is 6.62. The van der Waals surface area contributed by atoms with E-state index in [0.29, 0.717) is 6.04 Å². The Bertz CT molecular complexity index is 672. The molecule has 4 heteroatoms. The fraction of sp³-hybridized carbons (Fsp3) is 0.500. The molecule has 2 fully saturated rings. The van der Waals surface area contributed by atoms with E-state index in [1.807, 2.05) is 12.1 Å². The fourth-order valence-corrected chi connectivity index (χ4v) is 4.48. The van der Waals surface area contributed by atoms with E-state index in [9.17, 15) is 0 Å². The van der Waals surface area contributed by atoms with Crippen molar-refractivity contribution in [3.05, 3.63) is 28.0 Å². The highest BCUT2D eigenvalue weighted by atomic mass is 35.5. The van der Waals surface area contributed by atoms with Crippen molar-refractivity contribution in [2.75, 3.05) is 0 Å². The number of aromatic nitrogens is 2. The van der Waals surface area contributed by atoms with Crippen LogP contribution in [-0.2, 0) is 0 Å². The first-order valence-corrected chi connectivity index (χ1v) is 7.41. The zero-order valence-electron chi connectivity index (χ0n) is 10.0. The average molecular weight is 279 g/mol. The zero-order valence-corrected chi connectivity index (χ0v) is 11.6. The summed E-state index contributed by atoms with van der Waals surface area (Å²) >= 11 is 11.6. The highest BCUT2D eigenvalue weighted by Crippen LogP contribution is 2.51. The van der Waals surface area contributed by atoms with Crippen molar-refractivity contribution < 1.29 is 0 Å². The van der Waals surface area contributed by atoms with E-state index in [2.05, 4.69) is 15.6 Å². The van der Waals surface area contributed by atoms with Crippen molar-refractivity contribution in [3.63, 3.8) is 0 Å². The van der Waals surface area contributed by atoms with E-state index in [-0.39, 0.29) is 0 Å². The van der Waals surface area contributed by atoms with E-state index < -0.39 is 0 Å². The normalized spacial score (nSPS) is 30.4. The molecule has 94 valence electrons. The summed E-state index contributed by atoms with van der Waals surface area (Å²) in [6.45, 7) is 0. The maximum Gasteiger partial charge on any atom is 0.178 e. The molecule has 3 atom stereocenters. The van der Waals surface area contributed by atoms with Gasteiger partial charge < -0.3 is 9.55 Å². The van der Waals surface area contributed by atoms with Gasteiger partial charge in [0, 0.05) is 11.1 Å². The van der Waals surface area contributed by atoms with Gasteiger partial charge in [-0.15, -0.1) is 0 Å². The predicted octanol–water partition coefficient (Wildman–Crippen LogP) is 4.71. The Kier molecular flexibility index (Phi) is 2.36. The molecule has 2 nitrogen and oxygen atoms in total. The van der Waals surface area contributed by atoms with Crippen LogP contribution in [-0.4, -0.2) is 9.55 Å². The molecular weight excluding hydrogens is 264 g/mol. The van der Waals surface area contributed by atoms with Gasteiger partial charge in [0.05, 0.1) is 11.0 Å². The van der Waals surface area contributed by atoms with Gasteiger partial charge in [0.1, 0.15) is 0 Å². The highest BCUT2D eigenvalue weighted by molar-refractivity contribution is 7.71. The van der Waals surface area contributed by atoms with Gasteiger partial charge in [0.25, 0.3) is 0 Å². The summed E-state index contributed by atoms with van der Waals surface area (Å²) in [6.07, 6.45) is 5.49. The molecule has 1 aromatic carbocycles. The third-order valence-electron chi connectivity index (χ3n) is 4.71. The molecule has 18 heavy (non-hydrogen) atoms. The Labute approximate surface area is 116 Å². The molecule has 0 radical (unpaired) electrons. The van der Waals surface area contributed by atoms with Crippen LogP contribution < -0.4 is 0 Å². The van der Waals surface area contributed by atoms with Crippen molar-refractivity contribution >= 4 is 34.9 Å². The van der Waals surface area contributed by atoms with E-state index in [1.54, 1.807) is 0 Å². The summed E-state index contributed by atoms with van der Waals surface area (Å²) in [7, 11) is 0. The number of nitrogens with zero attached hydrogens (tertiary/aromatic N) is 1. The molecular formula is C14H15ClN2S. The van der Waals surface area contributed by atoms with Crippen LogP contribution in [0.25, 0.3) is 11.0 Å². The number of fused-ring (bicyclic) bond motifs is 3. The van der Waals surface area contributed by atoms with E-state index in [1.165, 1.54) is 31.2 Å². The van der Waals surface area contributed by atoms with Crippen molar-refractivity contribution in [3.8, 4) is 0 Å². The maximum absolute atomic E-state index is 6.04. The second-order valence-corrected chi connectivity index (χ2v) is 6.53. The molecule has 2 aliphatic carbocycles. The predicted molar refractivity (Wildman–Crippen MR) is 76.6 cm³/mol. The number of hydrogen-bond donors (Lipinski definition) is 1. The minimum Gasteiger partial charge on any atom is -0.331 e. The zero-order chi connectivity index (χ0) is 12.3. The number of nitrogens with one attached hydrogen (secondary N) is 1. The van der Waals surface area contributed by atoms with Gasteiger partial charge in [-0.25, -0.2) is 0 Å². The van der Waals surface area contributed by atoms with E-state index in [4.69, 9.17) is 23.8 Å². The molecule has 2 aliphatic rings. The van der Waals surface area contributed by atoms with Crippen molar-refractivity contribution in [1.29, 1.82) is 0 Å². The van der Waals surface area contributed by atoms with Gasteiger partial charge >= 0.3 is 0 Å². The molecule has 2 bridgehead atoms. The number of rotatable bonds is 1. The number of H-pyrrole nitrogens is 1. The van der Waals surface area contributed by atoms with Crippen LogP contribution in [0.3, 0.4) is 0 Å². The molecule has 0 spiro atoms. The van der Waals surface area contributed by atoms with Crippen molar-refractivity contribution in [1.82, 2.24) is 9.55 Å². The third-order valence-corrected chi connectivity index (χ3v) is 5.24. The quantitative estimate of drug-likeness (QED) is 0.749. The fourth-order valence-electron chi connectivity index (χ4n) is 3.96. The topological polar surface area (TPSA) is 20.7 Å². The van der Waals surface area contributed by atoms with Gasteiger partial charge in [0.2, 0.25) is 0 Å². The first-order chi connectivity index (χ1) is 8.72. The maximum atomic E-state index is 6.04. The van der Waals surface area contributed by atoms with Gasteiger partial charge in [-0.05, 0) is 61.5 Å². The minimum atomic E-state index is 0.603. The van der Waals surface area contributed by atoms with E-state index in [0.717, 1.165) is 27.1 Å². The Morgan fingerprint density at radius 2 is 2.17 bits per heavy atom. The SMILES string of the molecule is S=c1[nH]c2cc(Cl)ccc2n1C1CC2CCC1C2. The van der Waals surface area contributed by atoms with E-state index >= 15 is 0 Å². The minimum absolute atomic E-state index is 0.603. The molecule has 1 N–H and O–H groups in total. The standard InChI is InChI=1S/C14H15ClN2S/c15-10-3-4-12-11(7-10)16-14(18)17(12)13-6-8-1-2-9(13)5-8/h3-4,7-9,13H,1-2,5-6H2,(H,16,18). The van der Waals surface area contributed by atoms with Crippen LogP contribution in [0, 0.1) is 16.6 Å². The van der Waals surface area contributed by atoms with Crippen LogP contribution in [0.4, 0.5) is 0 Å². The molecule has 2 saturated carbocycles. The summed E-state index contributed by atoms with van der Waals surface area (Å²) in [4.78, 5) is 3.30. The summed E-state index contributed by atoms with van der Waals surface area (Å²) in [5.74, 6) is 1.76. The number of aromatic amines is 1. The molecule has 3 unspecified atom stereocenters. The van der Waals surface area contributed by atoms with Crippen LogP contribution in [0.5, 0.6) is 0 Å². The molecule has 2 aromatic rings. The largest absolute Gasteiger partial charge is 0.331 e. The van der Waals surface area contributed by atoms with Crippen LogP contribution in [0.15, 0.2) is 18.2 Å². The molecule has 0 amide bonds. The molecule has 1 aromatic heterocycles. The lowest BCUT2D eigenvalue weighted by Gasteiger charge is -2.23. The number of hydrogen-bond acceptors (Lipinski definition) is 1. The monoisotopic (exact) mass is 278 g/mol. The van der Waals surface area contributed by atoms with Crippen LogP contribution in [0.1, 0.15) is 31.7 Å². The highest BCUT2D eigenvalue weighted by Gasteiger charge is 2.41. The number of halogens is 1. The van der Waals surface area contributed by atoms with Crippen molar-refractivity contribution in [2.24, 2.45) is 11.8 Å². The smallest absolute Gasteiger partial charge is 0.178 e. The Balaban J connectivity index is 1.90. The molecule has 4 rings (SSSR count). The van der Waals surface area contributed by atoms with Crippen LogP contribution >= 0.6 is 23.8 Å². The Morgan fingerprint density at radius 1 is 1.28 bits per heavy atom. The average Bonchev–Trinajstić information content (AvgIpc) is 3.00. The Hall–Kier alpha value is -0.800. The van der Waals surface area contributed by atoms with Gasteiger partial charge in [-0.2, -0.15) is 0 Å². The van der Waals surface area contributed by atoms with Crippen LogP contribution in [0.2, 0.25) is 5.02 Å². The lowest BCUT2D eigenvalue weighted by Crippen LogP contribution is -2.16. The molecule has 0 saturated heterocycles. The number of benzene rings is 1. The second-order valence-electron chi connectivity index (χ2n) is 5.70. The first kappa shape index (κ1) is 11.1. The lowest BCUT2D eigenvalue weighted by atomic mass is 9.95. The summed E-state index contributed by atoms with van der Waals surface area (Å²) in [5.41, 5.74) is 2.28. The Morgan fingerprint density at radius 3 is 2.89 bits per heavy atom. The molecule has 0 aliphatic heterocycles. The lowest BCUT2D eigenvalue weighted by molar-refractivity contribution is 0.333. The molecule has 1 heterocycles. The van der Waals surface area contributed by atoms with Gasteiger partial charge in [-0.3, -0.25) is 0 Å². The first-order valence-electron chi connectivity index (χ1n) is 6.62. The number of imidazole rings is 1. The summed E-state index contributed by atoms with van der Waals surface area (Å²) < 4.78 is 3.19.